The predicted molar refractivity (Wildman–Crippen MR) is 125 cm³/mol. The second-order valence-electron chi connectivity index (χ2n) is 7.71. The molecule has 0 radical (unpaired) electrons. The van der Waals surface area contributed by atoms with E-state index in [-0.39, 0.29) is 24.5 Å². The highest BCUT2D eigenvalue weighted by Crippen LogP contribution is 2.30. The minimum Gasteiger partial charge on any atom is -0.491 e. The first-order valence-electron chi connectivity index (χ1n) is 11.3. The van der Waals surface area contributed by atoms with Crippen LogP contribution >= 0.6 is 0 Å². The molecular weight excluding hydrogens is 424 g/mol. The highest BCUT2D eigenvalue weighted by molar-refractivity contribution is 5.99. The van der Waals surface area contributed by atoms with E-state index in [1.807, 2.05) is 13.8 Å². The lowest BCUT2D eigenvalue weighted by atomic mass is 10.2. The summed E-state index contributed by atoms with van der Waals surface area (Å²) in [6.07, 6.45) is 2.21. The van der Waals surface area contributed by atoms with E-state index in [0.717, 1.165) is 19.4 Å². The monoisotopic (exact) mass is 456 g/mol. The number of nitrogens with zero attached hydrogens (tertiary/aromatic N) is 1. The predicted octanol–water partition coefficient (Wildman–Crippen LogP) is 3.75. The van der Waals surface area contributed by atoms with E-state index in [1.54, 1.807) is 49.5 Å². The molecule has 0 spiro atoms. The Morgan fingerprint density at radius 1 is 1.03 bits per heavy atom. The number of benzene rings is 2. The highest BCUT2D eigenvalue weighted by Gasteiger charge is 2.18. The summed E-state index contributed by atoms with van der Waals surface area (Å²) in [4.78, 5) is 26.6. The zero-order valence-electron chi connectivity index (χ0n) is 19.5. The topological polar surface area (TPSA) is 86.3 Å². The van der Waals surface area contributed by atoms with E-state index in [2.05, 4.69) is 5.32 Å². The Bertz CT molecular complexity index is 925. The summed E-state index contributed by atoms with van der Waals surface area (Å²) in [6, 6.07) is 12.1. The molecule has 0 aliphatic carbocycles. The van der Waals surface area contributed by atoms with Crippen molar-refractivity contribution >= 4 is 17.5 Å². The molecule has 1 heterocycles. The van der Waals surface area contributed by atoms with Crippen LogP contribution in [0.2, 0.25) is 0 Å². The number of carbonyl (C=O) groups excluding carboxylic acids is 2. The van der Waals surface area contributed by atoms with Gasteiger partial charge in [0, 0.05) is 31.0 Å². The third-order valence-corrected chi connectivity index (χ3v) is 5.12. The van der Waals surface area contributed by atoms with Crippen molar-refractivity contribution in [1.82, 2.24) is 4.90 Å². The smallest absolute Gasteiger partial charge is 0.254 e. The lowest BCUT2D eigenvalue weighted by Crippen LogP contribution is -2.34. The van der Waals surface area contributed by atoms with Gasteiger partial charge in [-0.3, -0.25) is 9.59 Å². The molecule has 1 atom stereocenters. The maximum Gasteiger partial charge on any atom is 0.254 e. The quantitative estimate of drug-likeness (QED) is 0.554. The lowest BCUT2D eigenvalue weighted by molar-refractivity contribution is -0.116. The molecule has 1 aliphatic heterocycles. The van der Waals surface area contributed by atoms with Crippen LogP contribution in [0.5, 0.6) is 17.2 Å². The fraction of sp³-hybridized carbons (Fsp3) is 0.440. The fourth-order valence-electron chi connectivity index (χ4n) is 3.50. The van der Waals surface area contributed by atoms with Crippen molar-refractivity contribution < 1.29 is 28.5 Å². The molecule has 2 amide bonds. The highest BCUT2D eigenvalue weighted by atomic mass is 16.5. The summed E-state index contributed by atoms with van der Waals surface area (Å²) in [5, 5.41) is 2.80. The molecule has 1 saturated heterocycles. The Morgan fingerprint density at radius 3 is 2.42 bits per heavy atom. The molecular formula is C25H32N2O6. The number of hydrogen-bond donors (Lipinski definition) is 1. The molecule has 8 heteroatoms. The van der Waals surface area contributed by atoms with E-state index in [0.29, 0.717) is 48.3 Å². The Hall–Kier alpha value is -3.26. The van der Waals surface area contributed by atoms with Crippen LogP contribution in [0.25, 0.3) is 0 Å². The molecule has 178 valence electrons. The molecule has 1 N–H and O–H groups in total. The van der Waals surface area contributed by atoms with Crippen LogP contribution in [-0.2, 0) is 9.53 Å². The van der Waals surface area contributed by atoms with Crippen LogP contribution in [0, 0.1) is 0 Å². The molecule has 1 fully saturated rings. The number of carbonyl (C=O) groups is 2. The first kappa shape index (κ1) is 24.4. The second-order valence-corrected chi connectivity index (χ2v) is 7.71. The summed E-state index contributed by atoms with van der Waals surface area (Å²) in [5.74, 6) is 1.30. The third kappa shape index (κ3) is 7.12. The Labute approximate surface area is 194 Å². The third-order valence-electron chi connectivity index (χ3n) is 5.12. The van der Waals surface area contributed by atoms with Crippen molar-refractivity contribution in [3.8, 4) is 17.2 Å². The van der Waals surface area contributed by atoms with Gasteiger partial charge in [-0.2, -0.15) is 0 Å². The van der Waals surface area contributed by atoms with Crippen molar-refractivity contribution in [3.63, 3.8) is 0 Å². The zero-order valence-corrected chi connectivity index (χ0v) is 19.5. The van der Waals surface area contributed by atoms with E-state index in [1.165, 1.54) is 4.90 Å². The van der Waals surface area contributed by atoms with Gasteiger partial charge in [-0.05, 0) is 63.1 Å². The molecule has 2 aromatic rings. The Morgan fingerprint density at radius 2 is 1.76 bits per heavy atom. The van der Waals surface area contributed by atoms with Gasteiger partial charge >= 0.3 is 0 Å². The number of anilines is 1. The first-order chi connectivity index (χ1) is 16.0. The van der Waals surface area contributed by atoms with Crippen molar-refractivity contribution in [2.24, 2.45) is 0 Å². The van der Waals surface area contributed by atoms with Gasteiger partial charge in [0.15, 0.2) is 11.5 Å². The SMILES string of the molecule is CCOc1ccc(NC(=O)CN(C)C(=O)c2ccc(OC[C@@H]3CCCO3)cc2)cc1OCC. The summed E-state index contributed by atoms with van der Waals surface area (Å²) in [7, 11) is 1.59. The Kier molecular flexibility index (Phi) is 8.95. The summed E-state index contributed by atoms with van der Waals surface area (Å²) in [6.45, 7) is 5.97. The first-order valence-corrected chi connectivity index (χ1v) is 11.3. The number of hydrogen-bond acceptors (Lipinski definition) is 6. The van der Waals surface area contributed by atoms with Crippen molar-refractivity contribution in [3.05, 3.63) is 48.0 Å². The Balaban J connectivity index is 1.52. The minimum atomic E-state index is -0.311. The van der Waals surface area contributed by atoms with Gasteiger partial charge in [-0.25, -0.2) is 0 Å². The van der Waals surface area contributed by atoms with Gasteiger partial charge in [-0.1, -0.05) is 0 Å². The van der Waals surface area contributed by atoms with Crippen LogP contribution in [-0.4, -0.2) is 62.8 Å². The number of ether oxygens (including phenoxy) is 4. The number of rotatable bonds is 11. The average Bonchev–Trinajstić information content (AvgIpc) is 3.33. The molecule has 0 unspecified atom stereocenters. The van der Waals surface area contributed by atoms with Crippen LogP contribution < -0.4 is 19.5 Å². The van der Waals surface area contributed by atoms with Crippen molar-refractivity contribution in [2.75, 3.05) is 45.3 Å². The molecule has 33 heavy (non-hydrogen) atoms. The number of likely N-dealkylation sites (N-methyl/N-ethyl adjacent to an activating group) is 1. The molecule has 1 aliphatic rings. The fourth-order valence-corrected chi connectivity index (χ4v) is 3.50. The van der Waals surface area contributed by atoms with E-state index in [9.17, 15) is 9.59 Å². The summed E-state index contributed by atoms with van der Waals surface area (Å²) >= 11 is 0. The molecule has 0 saturated carbocycles. The molecule has 0 aromatic heterocycles. The minimum absolute atomic E-state index is 0.0900. The van der Waals surface area contributed by atoms with Gasteiger partial charge < -0.3 is 29.2 Å². The van der Waals surface area contributed by atoms with E-state index >= 15 is 0 Å². The molecule has 2 aromatic carbocycles. The van der Waals surface area contributed by atoms with Gasteiger partial charge in [0.1, 0.15) is 12.4 Å². The van der Waals surface area contributed by atoms with Crippen LogP contribution in [0.4, 0.5) is 5.69 Å². The summed E-state index contributed by atoms with van der Waals surface area (Å²) in [5.41, 5.74) is 1.05. The normalized spacial score (nSPS) is 15.1. The van der Waals surface area contributed by atoms with E-state index < -0.39 is 0 Å². The molecule has 0 bridgehead atoms. The van der Waals surface area contributed by atoms with Crippen LogP contribution in [0.3, 0.4) is 0 Å². The van der Waals surface area contributed by atoms with Crippen molar-refractivity contribution in [1.29, 1.82) is 0 Å². The number of nitrogens with one attached hydrogen (secondary N) is 1. The van der Waals surface area contributed by atoms with Crippen molar-refractivity contribution in [2.45, 2.75) is 32.8 Å². The average molecular weight is 457 g/mol. The van der Waals surface area contributed by atoms with E-state index in [4.69, 9.17) is 18.9 Å². The zero-order chi connectivity index (χ0) is 23.6. The molecule has 8 nitrogen and oxygen atoms in total. The van der Waals surface area contributed by atoms with Gasteiger partial charge in [0.2, 0.25) is 5.91 Å². The van der Waals surface area contributed by atoms with Gasteiger partial charge in [-0.15, -0.1) is 0 Å². The largest absolute Gasteiger partial charge is 0.491 e. The maximum atomic E-state index is 12.7. The lowest BCUT2D eigenvalue weighted by Gasteiger charge is -2.18. The standard InChI is InChI=1S/C25H32N2O6/c1-4-30-22-13-10-19(15-23(22)31-5-2)26-24(28)16-27(3)25(29)18-8-11-20(12-9-18)33-17-21-7-6-14-32-21/h8-13,15,21H,4-7,14,16-17H2,1-3H3,(H,26,28)/t21-/m0/s1. The maximum absolute atomic E-state index is 12.7. The van der Waals surface area contributed by atoms with Crippen LogP contribution in [0.1, 0.15) is 37.0 Å². The molecule has 3 rings (SSSR count). The summed E-state index contributed by atoms with van der Waals surface area (Å²) < 4.78 is 22.4. The van der Waals surface area contributed by atoms with Gasteiger partial charge in [0.25, 0.3) is 5.91 Å². The van der Waals surface area contributed by atoms with Crippen LogP contribution in [0.15, 0.2) is 42.5 Å². The second kappa shape index (κ2) is 12.1. The van der Waals surface area contributed by atoms with Gasteiger partial charge in [0.05, 0.1) is 25.9 Å². The number of amides is 2.